The molecule has 27 heavy (non-hydrogen) atoms. The first-order valence-electron chi connectivity index (χ1n) is 9.57. The zero-order valence-electron chi connectivity index (χ0n) is 15.7. The molecule has 0 aliphatic carbocycles. The van der Waals surface area contributed by atoms with Gasteiger partial charge < -0.3 is 9.47 Å². The van der Waals surface area contributed by atoms with E-state index in [9.17, 15) is 8.78 Å². The highest BCUT2D eigenvalue weighted by Gasteiger charge is 2.23. The minimum atomic E-state index is -0.940. The SMILES string of the molecule is C=CCCC1CCC(c2ccc(-c3ccc(OCC)c(F)c3F)cc2)CO1. The van der Waals surface area contributed by atoms with E-state index in [4.69, 9.17) is 9.47 Å². The zero-order valence-corrected chi connectivity index (χ0v) is 15.7. The molecule has 2 aromatic carbocycles. The fraction of sp³-hybridized carbons (Fsp3) is 0.391. The molecule has 0 radical (unpaired) electrons. The summed E-state index contributed by atoms with van der Waals surface area (Å²) in [5.41, 5.74) is 2.07. The normalized spacial score (nSPS) is 19.7. The van der Waals surface area contributed by atoms with Gasteiger partial charge in [-0.2, -0.15) is 4.39 Å². The molecule has 1 aliphatic heterocycles. The van der Waals surface area contributed by atoms with Crippen LogP contribution in [0.3, 0.4) is 0 Å². The van der Waals surface area contributed by atoms with Gasteiger partial charge in [0.2, 0.25) is 5.82 Å². The maximum atomic E-state index is 14.4. The Labute approximate surface area is 159 Å². The van der Waals surface area contributed by atoms with Crippen LogP contribution in [0.25, 0.3) is 11.1 Å². The summed E-state index contributed by atoms with van der Waals surface area (Å²) in [4.78, 5) is 0. The topological polar surface area (TPSA) is 18.5 Å². The van der Waals surface area contributed by atoms with E-state index < -0.39 is 11.6 Å². The van der Waals surface area contributed by atoms with Crippen LogP contribution < -0.4 is 4.74 Å². The van der Waals surface area contributed by atoms with E-state index in [-0.39, 0.29) is 11.3 Å². The van der Waals surface area contributed by atoms with Gasteiger partial charge in [-0.15, -0.1) is 6.58 Å². The van der Waals surface area contributed by atoms with Gasteiger partial charge in [0, 0.05) is 11.5 Å². The molecule has 2 aromatic rings. The summed E-state index contributed by atoms with van der Waals surface area (Å²) in [5.74, 6) is -1.52. The van der Waals surface area contributed by atoms with Gasteiger partial charge in [-0.3, -0.25) is 0 Å². The van der Waals surface area contributed by atoms with Crippen LogP contribution in [0.4, 0.5) is 8.78 Å². The molecule has 2 nitrogen and oxygen atoms in total. The first-order valence-corrected chi connectivity index (χ1v) is 9.57. The van der Waals surface area contributed by atoms with Crippen LogP contribution >= 0.6 is 0 Å². The van der Waals surface area contributed by atoms with Crippen molar-refractivity contribution in [2.24, 2.45) is 0 Å². The van der Waals surface area contributed by atoms with Crippen molar-refractivity contribution in [3.8, 4) is 16.9 Å². The van der Waals surface area contributed by atoms with Crippen molar-refractivity contribution in [2.45, 2.75) is 44.6 Å². The maximum Gasteiger partial charge on any atom is 0.201 e. The van der Waals surface area contributed by atoms with Crippen LogP contribution in [0, 0.1) is 11.6 Å². The smallest absolute Gasteiger partial charge is 0.201 e. The van der Waals surface area contributed by atoms with E-state index in [1.807, 2.05) is 30.3 Å². The summed E-state index contributed by atoms with van der Waals surface area (Å²) >= 11 is 0. The van der Waals surface area contributed by atoms with E-state index in [2.05, 4.69) is 6.58 Å². The molecule has 2 atom stereocenters. The highest BCUT2D eigenvalue weighted by Crippen LogP contribution is 2.33. The maximum absolute atomic E-state index is 14.4. The summed E-state index contributed by atoms with van der Waals surface area (Å²) in [6, 6.07) is 10.7. The van der Waals surface area contributed by atoms with Gasteiger partial charge in [0.15, 0.2) is 11.6 Å². The fourth-order valence-electron chi connectivity index (χ4n) is 3.56. The highest BCUT2D eigenvalue weighted by atomic mass is 19.2. The molecular formula is C23H26F2O2. The van der Waals surface area contributed by atoms with Crippen LogP contribution in [0.5, 0.6) is 5.75 Å². The van der Waals surface area contributed by atoms with E-state index in [0.29, 0.717) is 30.8 Å². The van der Waals surface area contributed by atoms with E-state index in [1.165, 1.54) is 11.6 Å². The average molecular weight is 372 g/mol. The molecule has 1 fully saturated rings. The molecular weight excluding hydrogens is 346 g/mol. The molecule has 0 spiro atoms. The molecule has 0 aromatic heterocycles. The summed E-state index contributed by atoms with van der Waals surface area (Å²) in [6.07, 6.45) is 6.37. The number of allylic oxidation sites excluding steroid dienone is 1. The second-order valence-electron chi connectivity index (χ2n) is 6.89. The predicted molar refractivity (Wildman–Crippen MR) is 104 cm³/mol. The standard InChI is InChI=1S/C23H26F2O2/c1-3-5-6-19-12-11-18(15-27-19)16-7-9-17(10-8-16)20-13-14-21(26-4-2)23(25)22(20)24/h3,7-10,13-14,18-19H,1,4-6,11-12,15H2,2H3. The van der Waals surface area contributed by atoms with Crippen molar-refractivity contribution < 1.29 is 18.3 Å². The Balaban J connectivity index is 1.69. The molecule has 1 saturated heterocycles. The van der Waals surface area contributed by atoms with E-state index in [0.717, 1.165) is 25.7 Å². The predicted octanol–water partition coefficient (Wildman–Crippen LogP) is 6.26. The van der Waals surface area contributed by atoms with Gasteiger partial charge in [0.25, 0.3) is 0 Å². The van der Waals surface area contributed by atoms with Crippen LogP contribution in [0.15, 0.2) is 49.1 Å². The Kier molecular flexibility index (Phi) is 6.62. The van der Waals surface area contributed by atoms with E-state index in [1.54, 1.807) is 13.0 Å². The Morgan fingerprint density at radius 3 is 2.52 bits per heavy atom. The number of ether oxygens (including phenoxy) is 2. The molecule has 1 heterocycles. The van der Waals surface area contributed by atoms with Crippen molar-refractivity contribution in [3.05, 3.63) is 66.3 Å². The number of rotatable bonds is 7. The number of halogens is 2. The van der Waals surface area contributed by atoms with Gasteiger partial charge in [-0.1, -0.05) is 30.3 Å². The van der Waals surface area contributed by atoms with Crippen molar-refractivity contribution >= 4 is 0 Å². The minimum absolute atomic E-state index is 0.0549. The molecule has 0 bridgehead atoms. The lowest BCUT2D eigenvalue weighted by Gasteiger charge is -2.29. The number of hydrogen-bond donors (Lipinski definition) is 0. The van der Waals surface area contributed by atoms with Crippen LogP contribution in [-0.4, -0.2) is 19.3 Å². The monoisotopic (exact) mass is 372 g/mol. The third kappa shape index (κ3) is 4.56. The van der Waals surface area contributed by atoms with Crippen molar-refractivity contribution in [1.29, 1.82) is 0 Å². The lowest BCUT2D eigenvalue weighted by molar-refractivity contribution is -0.000171. The van der Waals surface area contributed by atoms with Crippen LogP contribution in [0.2, 0.25) is 0 Å². The Hall–Kier alpha value is -2.20. The quantitative estimate of drug-likeness (QED) is 0.534. The molecule has 3 rings (SSSR count). The molecule has 0 amide bonds. The molecule has 0 saturated carbocycles. The Bertz CT molecular complexity index is 763. The van der Waals surface area contributed by atoms with E-state index >= 15 is 0 Å². The summed E-state index contributed by atoms with van der Waals surface area (Å²) < 4.78 is 39.6. The molecule has 144 valence electrons. The Morgan fingerprint density at radius 2 is 1.89 bits per heavy atom. The van der Waals surface area contributed by atoms with Gasteiger partial charge >= 0.3 is 0 Å². The van der Waals surface area contributed by atoms with Crippen molar-refractivity contribution in [2.75, 3.05) is 13.2 Å². The second-order valence-corrected chi connectivity index (χ2v) is 6.89. The third-order valence-electron chi connectivity index (χ3n) is 5.10. The second kappa shape index (κ2) is 9.14. The largest absolute Gasteiger partial charge is 0.491 e. The average Bonchev–Trinajstić information content (AvgIpc) is 2.71. The highest BCUT2D eigenvalue weighted by molar-refractivity contribution is 5.65. The van der Waals surface area contributed by atoms with Gasteiger partial charge in [-0.05, 0) is 55.9 Å². The zero-order chi connectivity index (χ0) is 19.2. The summed E-state index contributed by atoms with van der Waals surface area (Å²) in [7, 11) is 0. The van der Waals surface area contributed by atoms with Crippen molar-refractivity contribution in [3.63, 3.8) is 0 Å². The lowest BCUT2D eigenvalue weighted by Crippen LogP contribution is -2.24. The van der Waals surface area contributed by atoms with Crippen LogP contribution in [-0.2, 0) is 4.74 Å². The minimum Gasteiger partial charge on any atom is -0.491 e. The first kappa shape index (κ1) is 19.6. The fourth-order valence-corrected chi connectivity index (χ4v) is 3.56. The summed E-state index contributed by atoms with van der Waals surface area (Å²) in [5, 5.41) is 0. The lowest BCUT2D eigenvalue weighted by atomic mass is 9.89. The van der Waals surface area contributed by atoms with Gasteiger partial charge in [0.05, 0.1) is 19.3 Å². The van der Waals surface area contributed by atoms with Gasteiger partial charge in [0.1, 0.15) is 0 Å². The molecule has 4 heteroatoms. The number of benzene rings is 2. The third-order valence-corrected chi connectivity index (χ3v) is 5.10. The van der Waals surface area contributed by atoms with Gasteiger partial charge in [-0.25, -0.2) is 4.39 Å². The molecule has 2 unspecified atom stereocenters. The first-order chi connectivity index (χ1) is 13.1. The summed E-state index contributed by atoms with van der Waals surface area (Å²) in [6.45, 7) is 6.49. The molecule has 0 N–H and O–H groups in total. The number of hydrogen-bond acceptors (Lipinski definition) is 2. The van der Waals surface area contributed by atoms with Crippen molar-refractivity contribution in [1.82, 2.24) is 0 Å². The van der Waals surface area contributed by atoms with Crippen LogP contribution in [0.1, 0.15) is 44.1 Å². The Morgan fingerprint density at radius 1 is 1.11 bits per heavy atom. The molecule has 1 aliphatic rings.